The molecule has 0 spiro atoms. The van der Waals surface area contributed by atoms with Crippen LogP contribution in [-0.2, 0) is 19.2 Å². The summed E-state index contributed by atoms with van der Waals surface area (Å²) in [6.07, 6.45) is 0.0690. The summed E-state index contributed by atoms with van der Waals surface area (Å²) < 4.78 is 55.2. The Labute approximate surface area is 184 Å². The highest BCUT2D eigenvalue weighted by atomic mass is 19.2. The van der Waals surface area contributed by atoms with E-state index >= 15 is 0 Å². The maximum absolute atomic E-state index is 14.0. The lowest BCUT2D eigenvalue weighted by Gasteiger charge is -2.28. The van der Waals surface area contributed by atoms with E-state index in [-0.39, 0.29) is 19.3 Å². The van der Waals surface area contributed by atoms with Crippen LogP contribution in [0.25, 0.3) is 0 Å². The van der Waals surface area contributed by atoms with Crippen molar-refractivity contribution in [1.29, 1.82) is 0 Å². The van der Waals surface area contributed by atoms with E-state index in [1.165, 1.54) is 0 Å². The Balaban J connectivity index is 2.14. The van der Waals surface area contributed by atoms with Crippen LogP contribution in [0.15, 0.2) is 0 Å². The number of nitrogens with zero attached hydrogens (tertiary/aromatic N) is 1. The lowest BCUT2D eigenvalue weighted by atomic mass is 10.1. The molecule has 3 amide bonds. The number of rotatable bonds is 8. The first kappa shape index (κ1) is 25.5. The second kappa shape index (κ2) is 10.3. The third-order valence-electron chi connectivity index (χ3n) is 4.97. The number of amides is 3. The maximum atomic E-state index is 14.0. The van der Waals surface area contributed by atoms with Crippen LogP contribution in [0.1, 0.15) is 36.5 Å². The van der Waals surface area contributed by atoms with Gasteiger partial charge >= 0.3 is 5.97 Å². The fourth-order valence-corrected chi connectivity index (χ4v) is 3.33. The number of carbonyl (C=O) groups excluding carboxylic acids is 4. The van der Waals surface area contributed by atoms with Gasteiger partial charge in [-0.05, 0) is 19.8 Å². The van der Waals surface area contributed by atoms with E-state index in [1.54, 1.807) is 0 Å². The zero-order chi connectivity index (χ0) is 25.0. The van der Waals surface area contributed by atoms with Gasteiger partial charge in [0.25, 0.3) is 5.91 Å². The van der Waals surface area contributed by atoms with Gasteiger partial charge in [0, 0.05) is 6.54 Å². The SMILES string of the molecule is C[C@H](NC(=O)c1c(F)c(F)c(N)c(F)c1F)C(=O)N1CCC[C@H]1C(=O)NC(C=O)CC(=O)O. The zero-order valence-corrected chi connectivity index (χ0v) is 17.2. The van der Waals surface area contributed by atoms with Gasteiger partial charge in [-0.2, -0.15) is 0 Å². The summed E-state index contributed by atoms with van der Waals surface area (Å²) in [7, 11) is 0. The molecule has 14 heteroatoms. The molecular formula is C19H20F4N4O6. The Bertz CT molecular complexity index is 976. The van der Waals surface area contributed by atoms with Gasteiger partial charge in [-0.15, -0.1) is 0 Å². The molecule has 1 aromatic rings. The van der Waals surface area contributed by atoms with Gasteiger partial charge in [0.15, 0.2) is 23.3 Å². The number of benzene rings is 1. The van der Waals surface area contributed by atoms with E-state index in [0.717, 1.165) is 11.8 Å². The van der Waals surface area contributed by atoms with Gasteiger partial charge in [-0.1, -0.05) is 0 Å². The highest BCUT2D eigenvalue weighted by Crippen LogP contribution is 2.26. The van der Waals surface area contributed by atoms with Gasteiger partial charge < -0.3 is 31.2 Å². The van der Waals surface area contributed by atoms with E-state index in [0.29, 0.717) is 6.42 Å². The average Bonchev–Trinajstić information content (AvgIpc) is 3.25. The molecule has 0 aromatic heterocycles. The van der Waals surface area contributed by atoms with Crippen molar-refractivity contribution in [2.75, 3.05) is 12.3 Å². The molecule has 33 heavy (non-hydrogen) atoms. The Morgan fingerprint density at radius 2 is 1.70 bits per heavy atom. The number of carbonyl (C=O) groups is 5. The molecule has 1 fully saturated rings. The summed E-state index contributed by atoms with van der Waals surface area (Å²) >= 11 is 0. The van der Waals surface area contributed by atoms with Crippen LogP contribution in [0, 0.1) is 23.3 Å². The Kier molecular flexibility index (Phi) is 7.95. The number of nitrogens with two attached hydrogens (primary N) is 1. The first-order valence-electron chi connectivity index (χ1n) is 9.60. The van der Waals surface area contributed by atoms with Crippen LogP contribution in [0.5, 0.6) is 0 Å². The van der Waals surface area contributed by atoms with Crippen LogP contribution in [0.4, 0.5) is 23.2 Å². The molecule has 5 N–H and O–H groups in total. The van der Waals surface area contributed by atoms with Gasteiger partial charge in [0.2, 0.25) is 11.8 Å². The first-order valence-corrected chi connectivity index (χ1v) is 9.60. The lowest BCUT2D eigenvalue weighted by molar-refractivity contribution is -0.141. The van der Waals surface area contributed by atoms with Crippen molar-refractivity contribution in [3.05, 3.63) is 28.8 Å². The number of carboxylic acids is 1. The predicted octanol–water partition coefficient (Wildman–Crippen LogP) is 0.0929. The second-order valence-electron chi connectivity index (χ2n) is 7.28. The number of nitrogen functional groups attached to an aromatic ring is 1. The minimum Gasteiger partial charge on any atom is -0.481 e. The molecule has 1 aromatic carbocycles. The molecule has 3 atom stereocenters. The van der Waals surface area contributed by atoms with Crippen molar-refractivity contribution >= 4 is 35.7 Å². The van der Waals surface area contributed by atoms with Gasteiger partial charge in [-0.3, -0.25) is 19.2 Å². The predicted molar refractivity (Wildman–Crippen MR) is 103 cm³/mol. The molecule has 0 radical (unpaired) electrons. The first-order chi connectivity index (χ1) is 15.4. The van der Waals surface area contributed by atoms with Gasteiger partial charge in [-0.25, -0.2) is 17.6 Å². The second-order valence-corrected chi connectivity index (χ2v) is 7.28. The van der Waals surface area contributed by atoms with Crippen LogP contribution in [0.3, 0.4) is 0 Å². The van der Waals surface area contributed by atoms with Crippen molar-refractivity contribution in [3.63, 3.8) is 0 Å². The monoisotopic (exact) mass is 476 g/mol. The molecule has 1 saturated heterocycles. The third-order valence-corrected chi connectivity index (χ3v) is 4.97. The summed E-state index contributed by atoms with van der Waals surface area (Å²) in [4.78, 5) is 60.1. The van der Waals surface area contributed by atoms with Crippen molar-refractivity contribution < 1.29 is 46.6 Å². The number of nitrogens with one attached hydrogen (secondary N) is 2. The summed E-state index contributed by atoms with van der Waals surface area (Å²) in [5.74, 6) is -12.7. The molecule has 0 aliphatic carbocycles. The number of hydrogen-bond donors (Lipinski definition) is 4. The summed E-state index contributed by atoms with van der Waals surface area (Å²) in [5, 5.41) is 12.9. The summed E-state index contributed by atoms with van der Waals surface area (Å²) in [6, 6.07) is -3.91. The number of aliphatic carboxylic acids is 1. The number of anilines is 1. The highest BCUT2D eigenvalue weighted by molar-refractivity contribution is 5.99. The van der Waals surface area contributed by atoms with E-state index in [9.17, 15) is 41.5 Å². The number of likely N-dealkylation sites (tertiary alicyclic amines) is 1. The maximum Gasteiger partial charge on any atom is 0.305 e. The standard InChI is InChI=1S/C19H20F4N4O6/c1-7(25-18(32)11-12(20)14(22)16(24)15(23)13(11)21)19(33)27-4-2-3-9(27)17(31)26-8(6-28)5-10(29)30/h6-9H,2-5,24H2,1H3,(H,25,32)(H,26,31)(H,29,30)/t7-,8?,9-/m0/s1. The Hall–Kier alpha value is -3.71. The topological polar surface area (TPSA) is 159 Å². The minimum absolute atomic E-state index is 0.0513. The molecule has 2 rings (SSSR count). The molecule has 1 unspecified atom stereocenters. The molecule has 180 valence electrons. The van der Waals surface area contributed by atoms with Crippen molar-refractivity contribution in [2.45, 2.75) is 44.3 Å². The summed E-state index contributed by atoms with van der Waals surface area (Å²) in [5.41, 5.74) is 1.82. The van der Waals surface area contributed by atoms with Gasteiger partial charge in [0.1, 0.15) is 29.6 Å². The van der Waals surface area contributed by atoms with Crippen LogP contribution < -0.4 is 16.4 Å². The summed E-state index contributed by atoms with van der Waals surface area (Å²) in [6.45, 7) is 1.17. The fourth-order valence-electron chi connectivity index (χ4n) is 3.33. The molecule has 1 heterocycles. The minimum atomic E-state index is -2.04. The van der Waals surface area contributed by atoms with Crippen molar-refractivity contribution in [3.8, 4) is 0 Å². The number of halogens is 4. The molecule has 10 nitrogen and oxygen atoms in total. The number of aldehydes is 1. The normalized spacial score (nSPS) is 17.2. The number of hydrogen-bond acceptors (Lipinski definition) is 6. The number of carboxylic acid groups (broad SMARTS) is 1. The molecule has 0 saturated carbocycles. The zero-order valence-electron chi connectivity index (χ0n) is 17.2. The Morgan fingerprint density at radius 3 is 2.21 bits per heavy atom. The quantitative estimate of drug-likeness (QED) is 0.179. The molecule has 0 bridgehead atoms. The fraction of sp³-hybridized carbons (Fsp3) is 0.421. The molecule has 1 aliphatic rings. The van der Waals surface area contributed by atoms with Crippen molar-refractivity contribution in [2.24, 2.45) is 0 Å². The van der Waals surface area contributed by atoms with E-state index in [2.05, 4.69) is 5.32 Å². The highest BCUT2D eigenvalue weighted by Gasteiger charge is 2.38. The molecular weight excluding hydrogens is 456 g/mol. The van der Waals surface area contributed by atoms with Crippen molar-refractivity contribution in [1.82, 2.24) is 15.5 Å². The molecule has 1 aliphatic heterocycles. The third kappa shape index (κ3) is 5.38. The smallest absolute Gasteiger partial charge is 0.305 e. The van der Waals surface area contributed by atoms with Crippen LogP contribution in [0.2, 0.25) is 0 Å². The van der Waals surface area contributed by atoms with E-state index in [1.807, 2.05) is 5.32 Å². The van der Waals surface area contributed by atoms with E-state index < -0.39 is 82.8 Å². The van der Waals surface area contributed by atoms with Gasteiger partial charge in [0.05, 0.1) is 12.5 Å². The Morgan fingerprint density at radius 1 is 1.12 bits per heavy atom. The largest absolute Gasteiger partial charge is 0.481 e. The van der Waals surface area contributed by atoms with Crippen LogP contribution in [-0.4, -0.2) is 64.7 Å². The van der Waals surface area contributed by atoms with E-state index in [4.69, 9.17) is 10.8 Å². The average molecular weight is 476 g/mol. The lowest BCUT2D eigenvalue weighted by Crippen LogP contribution is -2.54. The van der Waals surface area contributed by atoms with Crippen LogP contribution >= 0.6 is 0 Å².